The second-order valence-corrected chi connectivity index (χ2v) is 6.44. The maximum absolute atomic E-state index is 13.1. The van der Waals surface area contributed by atoms with Crippen LogP contribution in [0.2, 0.25) is 0 Å². The quantitative estimate of drug-likeness (QED) is 0.684. The van der Waals surface area contributed by atoms with Gasteiger partial charge in [0.05, 0.1) is 5.69 Å². The van der Waals surface area contributed by atoms with Crippen molar-refractivity contribution in [2.24, 2.45) is 0 Å². The molecule has 1 saturated carbocycles. The van der Waals surface area contributed by atoms with Gasteiger partial charge in [0.15, 0.2) is 0 Å². The van der Waals surface area contributed by atoms with Crippen LogP contribution in [0.1, 0.15) is 12.8 Å². The maximum atomic E-state index is 13.1. The maximum Gasteiger partial charge on any atom is 0.402 e. The third-order valence-corrected chi connectivity index (χ3v) is 4.81. The first kappa shape index (κ1) is 15.0. The SMILES string of the molecule is Nc1ccc(F)cc1S(=O)(=O)N(CC(F)(F)F)C1CC1. The normalized spacial score (nSPS) is 16.6. The lowest BCUT2D eigenvalue weighted by molar-refractivity contribution is -0.137. The predicted molar refractivity (Wildman–Crippen MR) is 63.8 cm³/mol. The van der Waals surface area contributed by atoms with Crippen molar-refractivity contribution < 1.29 is 26.0 Å². The van der Waals surface area contributed by atoms with Crippen molar-refractivity contribution in [2.45, 2.75) is 30.0 Å². The molecule has 112 valence electrons. The fraction of sp³-hybridized carbons (Fsp3) is 0.455. The minimum absolute atomic E-state index is 0.278. The van der Waals surface area contributed by atoms with Gasteiger partial charge < -0.3 is 5.73 Å². The van der Waals surface area contributed by atoms with Crippen LogP contribution in [-0.2, 0) is 10.0 Å². The number of rotatable bonds is 4. The lowest BCUT2D eigenvalue weighted by Crippen LogP contribution is -2.40. The number of sulfonamides is 1. The Labute approximate surface area is 113 Å². The second-order valence-electron chi connectivity index (χ2n) is 4.58. The first-order valence-corrected chi connectivity index (χ1v) is 7.19. The Morgan fingerprint density at radius 1 is 1.30 bits per heavy atom. The van der Waals surface area contributed by atoms with Crippen LogP contribution in [0.15, 0.2) is 23.1 Å². The van der Waals surface area contributed by atoms with E-state index in [1.54, 1.807) is 0 Å². The van der Waals surface area contributed by atoms with E-state index in [1.807, 2.05) is 0 Å². The molecular weight excluding hydrogens is 300 g/mol. The number of benzene rings is 1. The number of nitrogens with zero attached hydrogens (tertiary/aromatic N) is 1. The Balaban J connectivity index is 2.43. The fourth-order valence-corrected chi connectivity index (χ4v) is 3.61. The van der Waals surface area contributed by atoms with Gasteiger partial charge in [0, 0.05) is 6.04 Å². The Bertz CT molecular complexity index is 611. The Kier molecular flexibility index (Phi) is 3.67. The van der Waals surface area contributed by atoms with Gasteiger partial charge in [-0.25, -0.2) is 12.8 Å². The average molecular weight is 312 g/mol. The number of nitrogens with two attached hydrogens (primary N) is 1. The van der Waals surface area contributed by atoms with Crippen LogP contribution in [0, 0.1) is 5.82 Å². The van der Waals surface area contributed by atoms with E-state index in [0.717, 1.165) is 12.1 Å². The third kappa shape index (κ3) is 3.21. The summed E-state index contributed by atoms with van der Waals surface area (Å²) >= 11 is 0. The Morgan fingerprint density at radius 3 is 2.40 bits per heavy atom. The van der Waals surface area contributed by atoms with Crippen LogP contribution in [0.5, 0.6) is 0 Å². The van der Waals surface area contributed by atoms with E-state index >= 15 is 0 Å². The number of hydrogen-bond acceptors (Lipinski definition) is 3. The first-order valence-electron chi connectivity index (χ1n) is 5.75. The molecule has 0 spiro atoms. The smallest absolute Gasteiger partial charge is 0.398 e. The van der Waals surface area contributed by atoms with E-state index in [2.05, 4.69) is 0 Å². The number of halogens is 4. The van der Waals surface area contributed by atoms with Gasteiger partial charge in [-0.2, -0.15) is 17.5 Å². The second kappa shape index (κ2) is 4.88. The summed E-state index contributed by atoms with van der Waals surface area (Å²) in [4.78, 5) is -0.631. The summed E-state index contributed by atoms with van der Waals surface area (Å²) in [5, 5.41) is 0. The van der Waals surface area contributed by atoms with Gasteiger partial charge in [-0.1, -0.05) is 0 Å². The molecule has 0 heterocycles. The highest BCUT2D eigenvalue weighted by Gasteiger charge is 2.45. The van der Waals surface area contributed by atoms with Gasteiger partial charge in [0.25, 0.3) is 0 Å². The molecule has 1 aliphatic carbocycles. The molecule has 0 amide bonds. The Morgan fingerprint density at radius 2 is 1.90 bits per heavy atom. The number of alkyl halides is 3. The van der Waals surface area contributed by atoms with Crippen molar-refractivity contribution in [2.75, 3.05) is 12.3 Å². The molecule has 0 atom stereocenters. The highest BCUT2D eigenvalue weighted by atomic mass is 32.2. The molecule has 1 aromatic carbocycles. The number of nitrogen functional groups attached to an aromatic ring is 1. The first-order chi connectivity index (χ1) is 9.11. The standard InChI is InChI=1S/C11H12F4N2O2S/c12-7-1-4-9(16)10(5-7)20(18,19)17(8-2-3-8)6-11(13,14)15/h1,4-5,8H,2-3,6,16H2. The molecule has 2 N–H and O–H groups in total. The van der Waals surface area contributed by atoms with Gasteiger partial charge in [-0.3, -0.25) is 0 Å². The van der Waals surface area contributed by atoms with Crippen LogP contribution in [0.3, 0.4) is 0 Å². The summed E-state index contributed by atoms with van der Waals surface area (Å²) in [5.41, 5.74) is 5.17. The van der Waals surface area contributed by atoms with Crippen LogP contribution < -0.4 is 5.73 Å². The zero-order valence-electron chi connectivity index (χ0n) is 10.2. The summed E-state index contributed by atoms with van der Waals surface area (Å²) in [6.07, 6.45) is -3.97. The highest BCUT2D eigenvalue weighted by molar-refractivity contribution is 7.89. The lowest BCUT2D eigenvalue weighted by atomic mass is 10.3. The molecular formula is C11H12F4N2O2S. The third-order valence-electron chi connectivity index (χ3n) is 2.85. The van der Waals surface area contributed by atoms with Crippen LogP contribution >= 0.6 is 0 Å². The van der Waals surface area contributed by atoms with Gasteiger partial charge in [0.2, 0.25) is 10.0 Å². The van der Waals surface area contributed by atoms with E-state index in [-0.39, 0.29) is 5.69 Å². The molecule has 1 fully saturated rings. The summed E-state index contributed by atoms with van der Waals surface area (Å²) in [7, 11) is -4.48. The summed E-state index contributed by atoms with van der Waals surface area (Å²) in [6.45, 7) is -1.60. The number of anilines is 1. The van der Waals surface area contributed by atoms with Crippen LogP contribution in [0.4, 0.5) is 23.2 Å². The van der Waals surface area contributed by atoms with E-state index in [9.17, 15) is 26.0 Å². The van der Waals surface area contributed by atoms with E-state index < -0.39 is 39.5 Å². The topological polar surface area (TPSA) is 63.4 Å². The zero-order chi connectivity index (χ0) is 15.1. The van der Waals surface area contributed by atoms with Crippen molar-refractivity contribution in [3.8, 4) is 0 Å². The fourth-order valence-electron chi connectivity index (χ4n) is 1.81. The van der Waals surface area contributed by atoms with Crippen LogP contribution in [-0.4, -0.2) is 31.5 Å². The Hall–Kier alpha value is -1.35. The molecule has 0 saturated heterocycles. The van der Waals surface area contributed by atoms with Gasteiger partial charge in [0.1, 0.15) is 17.3 Å². The molecule has 0 radical (unpaired) electrons. The van der Waals surface area contributed by atoms with Crippen molar-refractivity contribution >= 4 is 15.7 Å². The van der Waals surface area contributed by atoms with Crippen molar-refractivity contribution in [1.82, 2.24) is 4.31 Å². The molecule has 1 aliphatic rings. The van der Waals surface area contributed by atoms with E-state index in [0.29, 0.717) is 23.2 Å². The predicted octanol–water partition coefficient (Wildman–Crippen LogP) is 2.12. The van der Waals surface area contributed by atoms with Crippen molar-refractivity contribution in [1.29, 1.82) is 0 Å². The minimum atomic E-state index is -4.67. The summed E-state index contributed by atoms with van der Waals surface area (Å²) in [5.74, 6) is -0.875. The number of hydrogen-bond donors (Lipinski definition) is 1. The molecule has 0 bridgehead atoms. The summed E-state index contributed by atoms with van der Waals surface area (Å²) in [6, 6.07) is 1.89. The molecule has 9 heteroatoms. The minimum Gasteiger partial charge on any atom is -0.398 e. The van der Waals surface area contributed by atoms with E-state index in [1.165, 1.54) is 0 Å². The highest BCUT2D eigenvalue weighted by Crippen LogP contribution is 2.36. The van der Waals surface area contributed by atoms with Crippen molar-refractivity contribution in [3.05, 3.63) is 24.0 Å². The van der Waals surface area contributed by atoms with E-state index in [4.69, 9.17) is 5.73 Å². The molecule has 1 aromatic rings. The average Bonchev–Trinajstić information content (AvgIpc) is 3.12. The monoisotopic (exact) mass is 312 g/mol. The molecule has 0 aliphatic heterocycles. The van der Waals surface area contributed by atoms with Crippen molar-refractivity contribution in [3.63, 3.8) is 0 Å². The lowest BCUT2D eigenvalue weighted by Gasteiger charge is -2.23. The summed E-state index contributed by atoms with van der Waals surface area (Å²) < 4.78 is 75.5. The van der Waals surface area contributed by atoms with Gasteiger partial charge in [-0.15, -0.1) is 0 Å². The van der Waals surface area contributed by atoms with Gasteiger partial charge in [-0.05, 0) is 31.0 Å². The molecule has 0 aromatic heterocycles. The zero-order valence-corrected chi connectivity index (χ0v) is 11.0. The molecule has 2 rings (SSSR count). The molecule has 4 nitrogen and oxygen atoms in total. The largest absolute Gasteiger partial charge is 0.402 e. The molecule has 20 heavy (non-hydrogen) atoms. The molecule has 0 unspecified atom stereocenters. The van der Waals surface area contributed by atoms with Crippen LogP contribution in [0.25, 0.3) is 0 Å². The van der Waals surface area contributed by atoms with Gasteiger partial charge >= 0.3 is 6.18 Å².